The molecule has 0 aliphatic heterocycles. The largest absolute Gasteiger partial charge is 0.495 e. The van der Waals surface area contributed by atoms with E-state index in [0.29, 0.717) is 23.5 Å². The van der Waals surface area contributed by atoms with Crippen molar-refractivity contribution >= 4 is 27.5 Å². The second-order valence-corrected chi connectivity index (χ2v) is 5.62. The minimum atomic E-state index is -0.130. The summed E-state index contributed by atoms with van der Waals surface area (Å²) >= 11 is 3.39. The Balaban J connectivity index is 2.17. The average molecular weight is 349 g/mol. The topological polar surface area (TPSA) is 55.6 Å². The van der Waals surface area contributed by atoms with Gasteiger partial charge in [-0.25, -0.2) is 0 Å². The van der Waals surface area contributed by atoms with Crippen molar-refractivity contribution in [3.05, 3.63) is 58.1 Å². The van der Waals surface area contributed by atoms with E-state index in [4.69, 9.17) is 10.5 Å². The number of nitrogens with zero attached hydrogens (tertiary/aromatic N) is 1. The molecule has 0 aliphatic rings. The zero-order chi connectivity index (χ0) is 15.4. The molecule has 1 amide bonds. The predicted molar refractivity (Wildman–Crippen MR) is 87.3 cm³/mol. The van der Waals surface area contributed by atoms with Gasteiger partial charge >= 0.3 is 0 Å². The number of ether oxygens (including phenoxy) is 1. The third-order valence-corrected chi connectivity index (χ3v) is 3.72. The maximum Gasteiger partial charge on any atom is 0.256 e. The first-order valence-electron chi connectivity index (χ1n) is 6.45. The van der Waals surface area contributed by atoms with Crippen LogP contribution in [0.15, 0.2) is 46.9 Å². The highest BCUT2D eigenvalue weighted by atomic mass is 79.9. The summed E-state index contributed by atoms with van der Waals surface area (Å²) in [5.41, 5.74) is 7.84. The predicted octanol–water partition coefficient (Wildman–Crippen LogP) is 3.31. The summed E-state index contributed by atoms with van der Waals surface area (Å²) in [5.74, 6) is 0.382. The van der Waals surface area contributed by atoms with Crippen molar-refractivity contribution in [2.45, 2.75) is 6.54 Å². The standard InChI is InChI=1S/C16H17BrN2O2/c1-19(10-11-6-8-12(17)9-7-11)16(20)13-4-3-5-14(21-2)15(13)18/h3-9H,10,18H2,1-2H3. The number of anilines is 1. The fourth-order valence-electron chi connectivity index (χ4n) is 2.05. The van der Waals surface area contributed by atoms with Gasteiger partial charge in [-0.2, -0.15) is 0 Å². The summed E-state index contributed by atoms with van der Waals surface area (Å²) in [5, 5.41) is 0. The summed E-state index contributed by atoms with van der Waals surface area (Å²) in [6.07, 6.45) is 0. The van der Waals surface area contributed by atoms with E-state index in [1.165, 1.54) is 7.11 Å². The van der Waals surface area contributed by atoms with Gasteiger partial charge < -0.3 is 15.4 Å². The highest BCUT2D eigenvalue weighted by Crippen LogP contribution is 2.26. The summed E-state index contributed by atoms with van der Waals surface area (Å²) < 4.78 is 6.16. The van der Waals surface area contributed by atoms with Crippen molar-refractivity contribution in [3.8, 4) is 5.75 Å². The molecule has 0 atom stereocenters. The molecule has 2 aromatic rings. The highest BCUT2D eigenvalue weighted by Gasteiger charge is 2.17. The molecule has 21 heavy (non-hydrogen) atoms. The van der Waals surface area contributed by atoms with Crippen LogP contribution in [0.1, 0.15) is 15.9 Å². The van der Waals surface area contributed by atoms with Crippen LogP contribution in [-0.2, 0) is 6.54 Å². The van der Waals surface area contributed by atoms with Crippen LogP contribution in [-0.4, -0.2) is 25.0 Å². The Labute approximate surface area is 132 Å². The van der Waals surface area contributed by atoms with Gasteiger partial charge in [-0.15, -0.1) is 0 Å². The third-order valence-electron chi connectivity index (χ3n) is 3.20. The smallest absolute Gasteiger partial charge is 0.256 e. The van der Waals surface area contributed by atoms with Gasteiger partial charge in [-0.1, -0.05) is 34.1 Å². The number of hydrogen-bond acceptors (Lipinski definition) is 3. The lowest BCUT2D eigenvalue weighted by atomic mass is 10.1. The molecule has 5 heteroatoms. The molecular weight excluding hydrogens is 332 g/mol. The van der Waals surface area contributed by atoms with E-state index in [9.17, 15) is 4.79 Å². The summed E-state index contributed by atoms with van der Waals surface area (Å²) in [7, 11) is 3.29. The molecule has 0 radical (unpaired) electrons. The first kappa shape index (κ1) is 15.4. The van der Waals surface area contributed by atoms with E-state index < -0.39 is 0 Å². The van der Waals surface area contributed by atoms with E-state index in [1.807, 2.05) is 24.3 Å². The van der Waals surface area contributed by atoms with E-state index in [1.54, 1.807) is 30.1 Å². The second kappa shape index (κ2) is 6.63. The monoisotopic (exact) mass is 348 g/mol. The Morgan fingerprint density at radius 3 is 2.52 bits per heavy atom. The van der Waals surface area contributed by atoms with E-state index in [-0.39, 0.29) is 5.91 Å². The number of methoxy groups -OCH3 is 1. The highest BCUT2D eigenvalue weighted by molar-refractivity contribution is 9.10. The Kier molecular flexibility index (Phi) is 4.85. The van der Waals surface area contributed by atoms with Crippen LogP contribution in [0.5, 0.6) is 5.75 Å². The number of carbonyl (C=O) groups is 1. The second-order valence-electron chi connectivity index (χ2n) is 4.71. The first-order chi connectivity index (χ1) is 10.0. The van der Waals surface area contributed by atoms with Crippen molar-refractivity contribution in [2.24, 2.45) is 0 Å². The normalized spacial score (nSPS) is 10.2. The number of hydrogen-bond donors (Lipinski definition) is 1. The van der Waals surface area contributed by atoms with Crippen LogP contribution in [0.2, 0.25) is 0 Å². The van der Waals surface area contributed by atoms with Crippen LogP contribution < -0.4 is 10.5 Å². The van der Waals surface area contributed by atoms with Crippen molar-refractivity contribution in [2.75, 3.05) is 19.9 Å². The number of halogens is 1. The molecular formula is C16H17BrN2O2. The van der Waals surface area contributed by atoms with E-state index in [0.717, 1.165) is 10.0 Å². The number of rotatable bonds is 4. The Bertz CT molecular complexity index is 641. The van der Waals surface area contributed by atoms with E-state index >= 15 is 0 Å². The zero-order valence-corrected chi connectivity index (χ0v) is 13.6. The van der Waals surface area contributed by atoms with E-state index in [2.05, 4.69) is 15.9 Å². The molecule has 4 nitrogen and oxygen atoms in total. The average Bonchev–Trinajstić information content (AvgIpc) is 2.49. The van der Waals surface area contributed by atoms with Crippen molar-refractivity contribution in [1.82, 2.24) is 4.90 Å². The zero-order valence-electron chi connectivity index (χ0n) is 12.0. The molecule has 0 aliphatic carbocycles. The molecule has 2 N–H and O–H groups in total. The Hall–Kier alpha value is -2.01. The molecule has 0 aromatic heterocycles. The number of benzene rings is 2. The molecule has 0 saturated heterocycles. The van der Waals surface area contributed by atoms with Crippen LogP contribution in [0, 0.1) is 0 Å². The maximum absolute atomic E-state index is 12.5. The Morgan fingerprint density at radius 2 is 1.90 bits per heavy atom. The lowest BCUT2D eigenvalue weighted by Gasteiger charge is -2.19. The van der Waals surface area contributed by atoms with Gasteiger partial charge in [0.1, 0.15) is 5.75 Å². The maximum atomic E-state index is 12.5. The fraction of sp³-hybridized carbons (Fsp3) is 0.188. The van der Waals surface area contributed by atoms with Gasteiger partial charge in [0, 0.05) is 18.1 Å². The van der Waals surface area contributed by atoms with Crippen molar-refractivity contribution < 1.29 is 9.53 Å². The molecule has 0 heterocycles. The van der Waals surface area contributed by atoms with Gasteiger partial charge in [-0.05, 0) is 29.8 Å². The van der Waals surface area contributed by atoms with Crippen LogP contribution >= 0.6 is 15.9 Å². The first-order valence-corrected chi connectivity index (χ1v) is 7.24. The van der Waals surface area contributed by atoms with Gasteiger partial charge in [0.2, 0.25) is 0 Å². The van der Waals surface area contributed by atoms with Gasteiger partial charge in [0.05, 0.1) is 18.4 Å². The van der Waals surface area contributed by atoms with Crippen LogP contribution in [0.4, 0.5) is 5.69 Å². The minimum Gasteiger partial charge on any atom is -0.495 e. The van der Waals surface area contributed by atoms with Gasteiger partial charge in [0.25, 0.3) is 5.91 Å². The number of nitrogen functional groups attached to an aromatic ring is 1. The number of nitrogens with two attached hydrogens (primary N) is 1. The summed E-state index contributed by atoms with van der Waals surface area (Å²) in [6.45, 7) is 0.517. The van der Waals surface area contributed by atoms with Gasteiger partial charge in [0.15, 0.2) is 0 Å². The molecule has 0 unspecified atom stereocenters. The Morgan fingerprint density at radius 1 is 1.24 bits per heavy atom. The lowest BCUT2D eigenvalue weighted by molar-refractivity contribution is 0.0786. The fourth-order valence-corrected chi connectivity index (χ4v) is 2.31. The third kappa shape index (κ3) is 3.55. The molecule has 0 bridgehead atoms. The van der Waals surface area contributed by atoms with Gasteiger partial charge in [-0.3, -0.25) is 4.79 Å². The molecule has 2 rings (SSSR count). The summed E-state index contributed by atoms with van der Waals surface area (Å²) in [6, 6.07) is 13.1. The lowest BCUT2D eigenvalue weighted by Crippen LogP contribution is -2.27. The molecule has 2 aromatic carbocycles. The SMILES string of the molecule is COc1cccc(C(=O)N(C)Cc2ccc(Br)cc2)c1N. The minimum absolute atomic E-state index is 0.130. The van der Waals surface area contributed by atoms with Crippen molar-refractivity contribution in [1.29, 1.82) is 0 Å². The van der Waals surface area contributed by atoms with Crippen LogP contribution in [0.25, 0.3) is 0 Å². The van der Waals surface area contributed by atoms with Crippen LogP contribution in [0.3, 0.4) is 0 Å². The molecule has 0 fully saturated rings. The summed E-state index contributed by atoms with van der Waals surface area (Å²) in [4.78, 5) is 14.1. The quantitative estimate of drug-likeness (QED) is 0.862. The molecule has 0 spiro atoms. The molecule has 0 saturated carbocycles. The number of amides is 1. The van der Waals surface area contributed by atoms with Crippen molar-refractivity contribution in [3.63, 3.8) is 0 Å². The number of para-hydroxylation sites is 1. The number of carbonyl (C=O) groups excluding carboxylic acids is 1. The molecule has 110 valence electrons.